The van der Waals surface area contributed by atoms with E-state index in [-0.39, 0.29) is 12.6 Å². The van der Waals surface area contributed by atoms with Crippen molar-refractivity contribution in [1.29, 1.82) is 0 Å². The van der Waals surface area contributed by atoms with Crippen molar-refractivity contribution >= 4 is 6.03 Å². The van der Waals surface area contributed by atoms with Gasteiger partial charge in [-0.1, -0.05) is 24.3 Å². The second kappa shape index (κ2) is 6.40. The molecule has 1 aliphatic carbocycles. The summed E-state index contributed by atoms with van der Waals surface area (Å²) in [5.74, 6) is 0.412. The molecule has 0 aromatic heterocycles. The second-order valence-electron chi connectivity index (χ2n) is 4.65. The number of aliphatic hydroxyl groups excluding tert-OH is 1. The fourth-order valence-electron chi connectivity index (χ4n) is 2.51. The van der Waals surface area contributed by atoms with Crippen LogP contribution in [0.2, 0.25) is 0 Å². The number of nitrogens with one attached hydrogen (secondary N) is 2. The summed E-state index contributed by atoms with van der Waals surface area (Å²) < 4.78 is 0. The molecule has 1 atom stereocenters. The molecule has 0 aliphatic heterocycles. The van der Waals surface area contributed by atoms with Crippen LogP contribution in [0.15, 0.2) is 24.3 Å². The maximum absolute atomic E-state index is 11.4. The van der Waals surface area contributed by atoms with Gasteiger partial charge in [-0.05, 0) is 30.4 Å². The van der Waals surface area contributed by atoms with Gasteiger partial charge >= 0.3 is 6.03 Å². The zero-order chi connectivity index (χ0) is 12.8. The molecule has 4 nitrogen and oxygen atoms in total. The predicted octanol–water partition coefficient (Wildman–Crippen LogP) is 1.40. The summed E-state index contributed by atoms with van der Waals surface area (Å²) in [4.78, 5) is 11.4. The highest BCUT2D eigenvalue weighted by Gasteiger charge is 2.19. The lowest BCUT2D eigenvalue weighted by molar-refractivity contribution is 0.233. The zero-order valence-electron chi connectivity index (χ0n) is 10.5. The third-order valence-corrected chi connectivity index (χ3v) is 3.40. The molecule has 1 unspecified atom stereocenters. The molecule has 0 saturated heterocycles. The highest BCUT2D eigenvalue weighted by Crippen LogP contribution is 2.30. The van der Waals surface area contributed by atoms with Crippen molar-refractivity contribution in [1.82, 2.24) is 10.6 Å². The van der Waals surface area contributed by atoms with E-state index in [1.165, 1.54) is 17.5 Å². The molecule has 0 saturated carbocycles. The van der Waals surface area contributed by atoms with Crippen molar-refractivity contribution in [3.8, 4) is 0 Å². The number of rotatable bonds is 4. The number of hydrogen-bond acceptors (Lipinski definition) is 2. The van der Waals surface area contributed by atoms with E-state index in [1.54, 1.807) is 0 Å². The molecule has 98 valence electrons. The second-order valence-corrected chi connectivity index (χ2v) is 4.65. The first-order valence-electron chi connectivity index (χ1n) is 6.51. The number of carbonyl (C=O) groups excluding carboxylic acids is 1. The van der Waals surface area contributed by atoms with Gasteiger partial charge in [-0.3, -0.25) is 0 Å². The van der Waals surface area contributed by atoms with Crippen molar-refractivity contribution in [2.45, 2.75) is 25.2 Å². The number of urea groups is 1. The molecule has 2 amide bonds. The van der Waals surface area contributed by atoms with Crippen LogP contribution in [0, 0.1) is 0 Å². The molecular weight excluding hydrogens is 228 g/mol. The fraction of sp³-hybridized carbons (Fsp3) is 0.500. The van der Waals surface area contributed by atoms with E-state index in [4.69, 9.17) is 5.11 Å². The molecule has 2 rings (SSSR count). The van der Waals surface area contributed by atoms with Gasteiger partial charge in [-0.2, -0.15) is 0 Å². The van der Waals surface area contributed by atoms with Crippen LogP contribution in [-0.4, -0.2) is 30.8 Å². The van der Waals surface area contributed by atoms with E-state index >= 15 is 0 Å². The molecular formula is C14H20N2O2. The normalized spacial score (nSPS) is 17.9. The smallest absolute Gasteiger partial charge is 0.314 e. The van der Waals surface area contributed by atoms with E-state index in [0.717, 1.165) is 12.8 Å². The average Bonchev–Trinajstić information content (AvgIpc) is 2.42. The molecule has 0 spiro atoms. The molecule has 18 heavy (non-hydrogen) atoms. The molecule has 1 aromatic carbocycles. The van der Waals surface area contributed by atoms with Crippen molar-refractivity contribution in [3.63, 3.8) is 0 Å². The predicted molar refractivity (Wildman–Crippen MR) is 70.6 cm³/mol. The van der Waals surface area contributed by atoms with Crippen LogP contribution < -0.4 is 10.6 Å². The summed E-state index contributed by atoms with van der Waals surface area (Å²) in [6.07, 6.45) is 3.45. The lowest BCUT2D eigenvalue weighted by atomic mass is 9.83. The number of fused-ring (bicyclic) bond motifs is 1. The minimum atomic E-state index is -0.202. The van der Waals surface area contributed by atoms with Crippen LogP contribution in [0.1, 0.15) is 29.9 Å². The first-order chi connectivity index (χ1) is 8.81. The summed E-state index contributed by atoms with van der Waals surface area (Å²) in [5, 5.41) is 14.1. The highest BCUT2D eigenvalue weighted by atomic mass is 16.3. The molecule has 0 bridgehead atoms. The van der Waals surface area contributed by atoms with Crippen LogP contribution in [0.5, 0.6) is 0 Å². The van der Waals surface area contributed by atoms with E-state index in [1.807, 2.05) is 0 Å². The minimum absolute atomic E-state index is 0.0281. The van der Waals surface area contributed by atoms with E-state index < -0.39 is 0 Å². The first kappa shape index (κ1) is 12.9. The van der Waals surface area contributed by atoms with E-state index in [0.29, 0.717) is 19.0 Å². The summed E-state index contributed by atoms with van der Waals surface area (Å²) in [6, 6.07) is 8.26. The standard InChI is InChI=1S/C14H20N2O2/c17-9-8-15-14(18)16-10-12-6-3-5-11-4-1-2-7-13(11)12/h1-2,4,7,12,17H,3,5-6,8-10H2,(H2,15,16,18). The maximum atomic E-state index is 11.4. The molecule has 0 fully saturated rings. The molecule has 4 heteroatoms. The van der Waals surface area contributed by atoms with Crippen molar-refractivity contribution in [2.24, 2.45) is 0 Å². The number of aryl methyl sites for hydroxylation is 1. The topological polar surface area (TPSA) is 61.4 Å². The fourth-order valence-corrected chi connectivity index (χ4v) is 2.51. The Morgan fingerprint density at radius 3 is 3.00 bits per heavy atom. The summed E-state index contributed by atoms with van der Waals surface area (Å²) in [6.45, 7) is 0.932. The quantitative estimate of drug-likeness (QED) is 0.754. The lowest BCUT2D eigenvalue weighted by Crippen LogP contribution is -2.39. The van der Waals surface area contributed by atoms with Crippen LogP contribution in [0.3, 0.4) is 0 Å². The largest absolute Gasteiger partial charge is 0.395 e. The average molecular weight is 248 g/mol. The molecule has 1 aromatic rings. The van der Waals surface area contributed by atoms with E-state index in [9.17, 15) is 4.79 Å². The van der Waals surface area contributed by atoms with Gasteiger partial charge in [0.15, 0.2) is 0 Å². The van der Waals surface area contributed by atoms with Gasteiger partial charge in [0.05, 0.1) is 6.61 Å². The van der Waals surface area contributed by atoms with E-state index in [2.05, 4.69) is 34.9 Å². The molecule has 0 heterocycles. The van der Waals surface area contributed by atoms with Gasteiger partial charge in [0.25, 0.3) is 0 Å². The Morgan fingerprint density at radius 2 is 2.17 bits per heavy atom. The molecule has 0 radical (unpaired) electrons. The Bertz CT molecular complexity index is 407. The van der Waals surface area contributed by atoms with Gasteiger partial charge in [0.2, 0.25) is 0 Å². The summed E-state index contributed by atoms with van der Waals surface area (Å²) in [7, 11) is 0. The number of amides is 2. The molecule has 3 N–H and O–H groups in total. The lowest BCUT2D eigenvalue weighted by Gasteiger charge is -2.25. The van der Waals surface area contributed by atoms with Gasteiger partial charge < -0.3 is 15.7 Å². The number of carbonyl (C=O) groups is 1. The van der Waals surface area contributed by atoms with Crippen LogP contribution in [0.25, 0.3) is 0 Å². The Kier molecular flexibility index (Phi) is 4.59. The Balaban J connectivity index is 1.89. The third kappa shape index (κ3) is 3.23. The maximum Gasteiger partial charge on any atom is 0.314 e. The Hall–Kier alpha value is -1.55. The molecule has 1 aliphatic rings. The number of benzene rings is 1. The van der Waals surface area contributed by atoms with Gasteiger partial charge in [-0.25, -0.2) is 4.79 Å². The Morgan fingerprint density at radius 1 is 1.33 bits per heavy atom. The zero-order valence-corrected chi connectivity index (χ0v) is 10.5. The Labute approximate surface area is 107 Å². The van der Waals surface area contributed by atoms with Crippen LogP contribution >= 0.6 is 0 Å². The monoisotopic (exact) mass is 248 g/mol. The third-order valence-electron chi connectivity index (χ3n) is 3.40. The van der Waals surface area contributed by atoms with Gasteiger partial charge in [0, 0.05) is 19.0 Å². The van der Waals surface area contributed by atoms with Crippen molar-refractivity contribution < 1.29 is 9.90 Å². The SMILES string of the molecule is O=C(NCCO)NCC1CCCc2ccccc21. The van der Waals surface area contributed by atoms with Crippen molar-refractivity contribution in [2.75, 3.05) is 19.7 Å². The van der Waals surface area contributed by atoms with Crippen LogP contribution in [0.4, 0.5) is 4.79 Å². The first-order valence-corrected chi connectivity index (χ1v) is 6.51. The summed E-state index contributed by atoms with van der Waals surface area (Å²) in [5.41, 5.74) is 2.78. The van der Waals surface area contributed by atoms with Gasteiger partial charge in [-0.15, -0.1) is 0 Å². The summed E-state index contributed by atoms with van der Waals surface area (Å²) >= 11 is 0. The number of hydrogen-bond donors (Lipinski definition) is 3. The van der Waals surface area contributed by atoms with Crippen molar-refractivity contribution in [3.05, 3.63) is 35.4 Å². The highest BCUT2D eigenvalue weighted by molar-refractivity contribution is 5.73. The van der Waals surface area contributed by atoms with Gasteiger partial charge in [0.1, 0.15) is 0 Å². The van der Waals surface area contributed by atoms with Crippen LogP contribution in [-0.2, 0) is 6.42 Å². The minimum Gasteiger partial charge on any atom is -0.395 e. The number of aliphatic hydroxyl groups is 1.